The van der Waals surface area contributed by atoms with Crippen molar-refractivity contribution >= 4 is 28.6 Å². The molecular weight excluding hydrogens is 332 g/mol. The van der Waals surface area contributed by atoms with Gasteiger partial charge in [0.05, 0.1) is 12.2 Å². The molecule has 4 rings (SSSR count). The van der Waals surface area contributed by atoms with Crippen LogP contribution in [0.2, 0.25) is 0 Å². The Labute approximate surface area is 148 Å². The number of nitrogens with zero attached hydrogens (tertiary/aromatic N) is 6. The van der Waals surface area contributed by atoms with E-state index < -0.39 is 0 Å². The Kier molecular flexibility index (Phi) is 4.17. The molecule has 0 spiro atoms. The van der Waals surface area contributed by atoms with Crippen molar-refractivity contribution in [2.45, 2.75) is 0 Å². The van der Waals surface area contributed by atoms with E-state index in [0.717, 1.165) is 5.69 Å². The molecule has 3 heterocycles. The van der Waals surface area contributed by atoms with Gasteiger partial charge < -0.3 is 10.6 Å². The Bertz CT molecular complexity index is 1030. The number of nitrogens with one attached hydrogen (secondary N) is 2. The molecule has 3 aromatic heterocycles. The summed E-state index contributed by atoms with van der Waals surface area (Å²) >= 11 is 0. The highest BCUT2D eigenvalue weighted by Gasteiger charge is 2.08. The van der Waals surface area contributed by atoms with E-state index in [1.807, 2.05) is 36.5 Å². The van der Waals surface area contributed by atoms with Crippen molar-refractivity contribution in [1.29, 1.82) is 0 Å². The number of aromatic nitrogens is 6. The summed E-state index contributed by atoms with van der Waals surface area (Å²) in [5.41, 5.74) is 2.60. The first-order valence-electron chi connectivity index (χ1n) is 7.85. The Morgan fingerprint density at radius 2 is 1.85 bits per heavy atom. The van der Waals surface area contributed by atoms with Gasteiger partial charge >= 0.3 is 0 Å². The fraction of sp³-hybridized carbons (Fsp3) is 0.0588. The van der Waals surface area contributed by atoms with Gasteiger partial charge in [0.2, 0.25) is 5.91 Å². The summed E-state index contributed by atoms with van der Waals surface area (Å²) in [5.74, 6) is 0.264. The topological polar surface area (TPSA) is 111 Å². The first-order chi connectivity index (χ1) is 12.8. The lowest BCUT2D eigenvalue weighted by molar-refractivity contribution is -0.114. The minimum Gasteiger partial charge on any atom is -0.359 e. The molecule has 2 N–H and O–H groups in total. The van der Waals surface area contributed by atoms with Crippen molar-refractivity contribution in [2.24, 2.45) is 0 Å². The summed E-state index contributed by atoms with van der Waals surface area (Å²) in [6.45, 7) is 0.0452. The van der Waals surface area contributed by atoms with Gasteiger partial charge in [0.25, 0.3) is 0 Å². The van der Waals surface area contributed by atoms with Crippen LogP contribution in [0.3, 0.4) is 0 Å². The van der Waals surface area contributed by atoms with E-state index in [2.05, 4.69) is 35.7 Å². The van der Waals surface area contributed by atoms with Crippen molar-refractivity contribution in [2.75, 3.05) is 17.2 Å². The number of anilines is 2. The molecule has 0 aliphatic rings. The van der Waals surface area contributed by atoms with Crippen molar-refractivity contribution in [1.82, 2.24) is 29.7 Å². The predicted molar refractivity (Wildman–Crippen MR) is 95.8 cm³/mol. The van der Waals surface area contributed by atoms with Crippen LogP contribution in [0.15, 0.2) is 61.4 Å². The average molecular weight is 346 g/mol. The third-order valence-corrected chi connectivity index (χ3v) is 3.61. The molecule has 0 fully saturated rings. The minimum atomic E-state index is -0.201. The van der Waals surface area contributed by atoms with Gasteiger partial charge in [-0.15, -0.1) is 0 Å². The molecular formula is C17H14N8O. The smallest absolute Gasteiger partial charge is 0.243 e. The molecule has 0 radical (unpaired) electrons. The molecule has 128 valence electrons. The molecule has 0 atom stereocenters. The van der Waals surface area contributed by atoms with E-state index in [9.17, 15) is 4.79 Å². The van der Waals surface area contributed by atoms with Crippen LogP contribution in [0.25, 0.3) is 16.9 Å². The minimum absolute atomic E-state index is 0.0452. The van der Waals surface area contributed by atoms with Gasteiger partial charge in [0, 0.05) is 30.5 Å². The number of benzene rings is 1. The lowest BCUT2D eigenvalue weighted by Crippen LogP contribution is -2.22. The Hall–Kier alpha value is -3.88. The zero-order chi connectivity index (χ0) is 17.8. The number of rotatable bonds is 5. The number of hydrogen-bond donors (Lipinski definition) is 2. The Balaban J connectivity index is 1.39. The van der Waals surface area contributed by atoms with E-state index in [4.69, 9.17) is 0 Å². The lowest BCUT2D eigenvalue weighted by atomic mass is 10.3. The lowest BCUT2D eigenvalue weighted by Gasteiger charge is -2.09. The number of hydrogen-bond acceptors (Lipinski definition) is 7. The molecule has 1 aromatic carbocycles. The molecule has 0 saturated heterocycles. The van der Waals surface area contributed by atoms with E-state index in [0.29, 0.717) is 22.7 Å². The molecule has 0 unspecified atom stereocenters. The van der Waals surface area contributed by atoms with Gasteiger partial charge in [-0.25, -0.2) is 24.6 Å². The summed E-state index contributed by atoms with van der Waals surface area (Å²) in [6.07, 6.45) is 8.05. The second kappa shape index (κ2) is 6.93. The third-order valence-electron chi connectivity index (χ3n) is 3.61. The molecule has 26 heavy (non-hydrogen) atoms. The van der Waals surface area contributed by atoms with Crippen LogP contribution in [0, 0.1) is 0 Å². The maximum absolute atomic E-state index is 12.2. The predicted octanol–water partition coefficient (Wildman–Crippen LogP) is 1.66. The second-order valence-corrected chi connectivity index (χ2v) is 5.35. The van der Waals surface area contributed by atoms with E-state index in [1.54, 1.807) is 23.3 Å². The molecule has 0 aliphatic carbocycles. The van der Waals surface area contributed by atoms with Crippen LogP contribution < -0.4 is 10.6 Å². The highest BCUT2D eigenvalue weighted by Crippen LogP contribution is 2.14. The fourth-order valence-corrected chi connectivity index (χ4v) is 2.41. The normalized spacial score (nSPS) is 10.6. The Morgan fingerprint density at radius 1 is 1.00 bits per heavy atom. The van der Waals surface area contributed by atoms with Gasteiger partial charge in [-0.2, -0.15) is 5.10 Å². The molecule has 0 aliphatic heterocycles. The summed E-state index contributed by atoms with van der Waals surface area (Å²) in [5, 5.41) is 9.95. The second-order valence-electron chi connectivity index (χ2n) is 5.35. The number of carbonyl (C=O) groups excluding carboxylic acids is 1. The number of fused-ring (bicyclic) bond motifs is 1. The number of amides is 1. The molecule has 0 bridgehead atoms. The van der Waals surface area contributed by atoms with Gasteiger partial charge in [-0.3, -0.25) is 4.79 Å². The van der Waals surface area contributed by atoms with Crippen molar-refractivity contribution in [3.05, 3.63) is 61.4 Å². The van der Waals surface area contributed by atoms with Gasteiger partial charge in [0.15, 0.2) is 11.5 Å². The quantitative estimate of drug-likeness (QED) is 0.565. The maximum atomic E-state index is 12.2. The zero-order valence-corrected chi connectivity index (χ0v) is 13.6. The first kappa shape index (κ1) is 15.6. The van der Waals surface area contributed by atoms with E-state index in [-0.39, 0.29) is 12.5 Å². The molecule has 9 nitrogen and oxygen atoms in total. The van der Waals surface area contributed by atoms with Crippen molar-refractivity contribution in [3.63, 3.8) is 0 Å². The maximum Gasteiger partial charge on any atom is 0.243 e. The monoisotopic (exact) mass is 346 g/mol. The van der Waals surface area contributed by atoms with Crippen LogP contribution in [0.5, 0.6) is 0 Å². The Morgan fingerprint density at radius 3 is 2.65 bits per heavy atom. The van der Waals surface area contributed by atoms with Crippen LogP contribution in [0.4, 0.5) is 11.5 Å². The van der Waals surface area contributed by atoms with Gasteiger partial charge in [-0.05, 0) is 30.3 Å². The molecule has 9 heteroatoms. The van der Waals surface area contributed by atoms with Crippen LogP contribution >= 0.6 is 0 Å². The zero-order valence-electron chi connectivity index (χ0n) is 13.6. The van der Waals surface area contributed by atoms with Crippen LogP contribution in [0.1, 0.15) is 0 Å². The highest BCUT2D eigenvalue weighted by molar-refractivity contribution is 5.94. The van der Waals surface area contributed by atoms with Gasteiger partial charge in [0.1, 0.15) is 11.8 Å². The largest absolute Gasteiger partial charge is 0.359 e. The number of carbonyl (C=O) groups is 1. The summed E-state index contributed by atoms with van der Waals surface area (Å²) in [4.78, 5) is 28.6. The van der Waals surface area contributed by atoms with Crippen molar-refractivity contribution in [3.8, 4) is 5.69 Å². The van der Waals surface area contributed by atoms with Gasteiger partial charge in [-0.1, -0.05) is 0 Å². The standard InChI is InChI=1S/C17H14N8O/c26-14(10-20-17-15-16(21-11-22-17)19-8-7-18-15)24-12-2-4-13(5-3-12)25-9-1-6-23-25/h1-9,11H,10H2,(H,24,26)(H,19,20,21,22). The molecule has 4 aromatic rings. The average Bonchev–Trinajstić information content (AvgIpc) is 3.22. The highest BCUT2D eigenvalue weighted by atomic mass is 16.1. The van der Waals surface area contributed by atoms with E-state index in [1.165, 1.54) is 6.33 Å². The van der Waals surface area contributed by atoms with Crippen LogP contribution in [-0.2, 0) is 4.79 Å². The fourth-order valence-electron chi connectivity index (χ4n) is 2.41. The van der Waals surface area contributed by atoms with Crippen LogP contribution in [-0.4, -0.2) is 42.2 Å². The summed E-state index contributed by atoms with van der Waals surface area (Å²) < 4.78 is 1.74. The third kappa shape index (κ3) is 3.31. The SMILES string of the molecule is O=C(CNc1ncnc2nccnc12)Nc1ccc(-n2cccn2)cc1. The summed E-state index contributed by atoms with van der Waals surface area (Å²) in [7, 11) is 0. The first-order valence-corrected chi connectivity index (χ1v) is 7.85. The molecule has 1 amide bonds. The van der Waals surface area contributed by atoms with E-state index >= 15 is 0 Å². The van der Waals surface area contributed by atoms with Crippen molar-refractivity contribution < 1.29 is 4.79 Å². The summed E-state index contributed by atoms with van der Waals surface area (Å²) in [6, 6.07) is 9.25. The molecule has 0 saturated carbocycles.